The number of nitrogens with zero attached hydrogens (tertiary/aromatic N) is 1. The first-order chi connectivity index (χ1) is 10.2. The van der Waals surface area contributed by atoms with E-state index in [1.54, 1.807) is 0 Å². The molecular weight excluding hydrogens is 313 g/mol. The Morgan fingerprint density at radius 2 is 1.68 bits per heavy atom. The van der Waals surface area contributed by atoms with Gasteiger partial charge in [0.1, 0.15) is 0 Å². The molecule has 4 N–H and O–H groups in total. The second-order valence-electron chi connectivity index (χ2n) is 4.76. The third kappa shape index (κ3) is 6.30. The van der Waals surface area contributed by atoms with Crippen molar-refractivity contribution in [2.75, 3.05) is 6.54 Å². The average Bonchev–Trinajstić information content (AvgIpc) is 2.67. The van der Waals surface area contributed by atoms with Crippen LogP contribution in [0.1, 0.15) is 32.6 Å². The van der Waals surface area contributed by atoms with Crippen molar-refractivity contribution in [3.05, 3.63) is 12.2 Å². The third-order valence-corrected chi connectivity index (χ3v) is 3.89. The van der Waals surface area contributed by atoms with E-state index in [1.807, 2.05) is 0 Å². The minimum absolute atomic E-state index is 0.0601. The van der Waals surface area contributed by atoms with Crippen molar-refractivity contribution in [3.63, 3.8) is 0 Å². The molecule has 0 aromatic carbocycles. The van der Waals surface area contributed by atoms with Crippen LogP contribution in [-0.4, -0.2) is 35.2 Å². The van der Waals surface area contributed by atoms with Crippen LogP contribution in [0.5, 0.6) is 0 Å². The van der Waals surface area contributed by atoms with Gasteiger partial charge in [-0.3, -0.25) is 0 Å². The molecule has 0 radical (unpaired) electrons. The first-order valence-electron chi connectivity index (χ1n) is 6.74. The van der Waals surface area contributed by atoms with Crippen molar-refractivity contribution >= 4 is 31.8 Å². The molecule has 1 aliphatic heterocycles. The average molecular weight is 333 g/mol. The molecular formula is C12H20N3O6P. The van der Waals surface area contributed by atoms with Crippen molar-refractivity contribution in [2.45, 2.75) is 32.6 Å². The number of amides is 2. The van der Waals surface area contributed by atoms with Crippen LogP contribution < -0.4 is 11.0 Å². The summed E-state index contributed by atoms with van der Waals surface area (Å²) in [4.78, 5) is 45.9. The van der Waals surface area contributed by atoms with Crippen LogP contribution in [0.4, 0.5) is 0 Å². The number of imide groups is 1. The fourth-order valence-electron chi connectivity index (χ4n) is 1.84. The molecule has 1 heterocycles. The van der Waals surface area contributed by atoms with Crippen LogP contribution in [0.2, 0.25) is 0 Å². The van der Waals surface area contributed by atoms with Gasteiger partial charge in [0, 0.05) is 0 Å². The van der Waals surface area contributed by atoms with Gasteiger partial charge in [-0.25, -0.2) is 0 Å². The Morgan fingerprint density at radius 1 is 1.09 bits per heavy atom. The monoisotopic (exact) mass is 333 g/mol. The Kier molecular flexibility index (Phi) is 6.61. The van der Waals surface area contributed by atoms with Gasteiger partial charge < -0.3 is 0 Å². The zero-order valence-corrected chi connectivity index (χ0v) is 13.2. The summed E-state index contributed by atoms with van der Waals surface area (Å²) in [5.74, 6) is -2.01. The molecule has 0 saturated carbocycles. The van der Waals surface area contributed by atoms with Crippen molar-refractivity contribution in [1.29, 1.82) is 0 Å². The quantitative estimate of drug-likeness (QED) is 0.356. The number of carbonyl (C=O) groups is 4. The number of rotatable bonds is 8. The van der Waals surface area contributed by atoms with E-state index in [1.165, 1.54) is 12.2 Å². The van der Waals surface area contributed by atoms with E-state index in [0.717, 1.165) is 11.8 Å². The van der Waals surface area contributed by atoms with Crippen molar-refractivity contribution < 1.29 is 28.2 Å². The summed E-state index contributed by atoms with van der Waals surface area (Å²) in [5.41, 5.74) is 10.8. The number of nitrogens with two attached hydrogens (primary N) is 2. The van der Waals surface area contributed by atoms with Crippen molar-refractivity contribution in [2.24, 2.45) is 11.0 Å². The van der Waals surface area contributed by atoms with Gasteiger partial charge in [-0.15, -0.1) is 0 Å². The molecule has 22 heavy (non-hydrogen) atoms. The Bertz CT molecular complexity index is 487. The third-order valence-electron chi connectivity index (χ3n) is 2.74. The van der Waals surface area contributed by atoms with Crippen LogP contribution in [0, 0.1) is 0 Å². The van der Waals surface area contributed by atoms with E-state index in [0.29, 0.717) is 25.8 Å². The molecule has 10 heteroatoms. The maximum absolute atomic E-state index is 11.5. The second-order valence-corrected chi connectivity index (χ2v) is 6.61. The Morgan fingerprint density at radius 3 is 2.23 bits per heavy atom. The van der Waals surface area contributed by atoms with Crippen LogP contribution in [0.3, 0.4) is 0 Å². The standard InChI is InChI=1S/C12H20N3O6P/c1-9(16)20-22(13,14)21-12(19)5-3-2-4-8-15-10(17)6-7-11(15)18/h6-7,22H,2-5,8,13-14H2,1H3. The molecule has 0 atom stereocenters. The molecule has 0 unspecified atom stereocenters. The molecule has 0 aromatic rings. The van der Waals surface area contributed by atoms with Crippen LogP contribution in [0.15, 0.2) is 12.2 Å². The molecule has 0 bridgehead atoms. The van der Waals surface area contributed by atoms with Crippen LogP contribution in [-0.2, 0) is 28.2 Å². The number of hydrogen-bond donors (Lipinski definition) is 2. The van der Waals surface area contributed by atoms with Gasteiger partial charge >= 0.3 is 127 Å². The van der Waals surface area contributed by atoms with Crippen LogP contribution in [0.25, 0.3) is 0 Å². The summed E-state index contributed by atoms with van der Waals surface area (Å²) in [6.45, 7) is 1.42. The van der Waals surface area contributed by atoms with Crippen molar-refractivity contribution in [1.82, 2.24) is 4.90 Å². The zero-order chi connectivity index (χ0) is 16.8. The minimum atomic E-state index is -3.74. The van der Waals surface area contributed by atoms with Gasteiger partial charge in [0.15, 0.2) is 0 Å². The molecule has 0 spiro atoms. The maximum atomic E-state index is 11.5. The molecule has 0 aliphatic carbocycles. The normalized spacial score (nSPS) is 15.1. The molecule has 9 nitrogen and oxygen atoms in total. The van der Waals surface area contributed by atoms with E-state index in [-0.39, 0.29) is 18.2 Å². The van der Waals surface area contributed by atoms with Gasteiger partial charge in [0.2, 0.25) is 0 Å². The van der Waals surface area contributed by atoms with E-state index in [4.69, 9.17) is 15.5 Å². The second kappa shape index (κ2) is 7.98. The summed E-state index contributed by atoms with van der Waals surface area (Å²) >= 11 is 0. The number of carbonyl (C=O) groups excluding carboxylic acids is 4. The zero-order valence-electron chi connectivity index (χ0n) is 12.2. The van der Waals surface area contributed by atoms with E-state index in [9.17, 15) is 19.2 Å². The van der Waals surface area contributed by atoms with E-state index < -0.39 is 20.0 Å². The fourth-order valence-corrected chi connectivity index (χ4v) is 2.79. The summed E-state index contributed by atoms with van der Waals surface area (Å²) in [6, 6.07) is 0. The van der Waals surface area contributed by atoms with Gasteiger partial charge in [-0.05, 0) is 0 Å². The molecule has 1 aliphatic rings. The SMILES string of the molecule is CC(=O)O[PH](N)(N)OC(=O)CCCCCN1C(=O)C=CC1=O. The molecule has 0 saturated heterocycles. The van der Waals surface area contributed by atoms with Gasteiger partial charge in [0.25, 0.3) is 0 Å². The molecule has 1 rings (SSSR count). The van der Waals surface area contributed by atoms with Crippen molar-refractivity contribution in [3.8, 4) is 0 Å². The topological polar surface area (TPSA) is 142 Å². The molecule has 124 valence electrons. The molecule has 0 fully saturated rings. The van der Waals surface area contributed by atoms with Gasteiger partial charge in [-0.2, -0.15) is 0 Å². The predicted octanol–water partition coefficient (Wildman–Crippen LogP) is -0.0946. The van der Waals surface area contributed by atoms with E-state index in [2.05, 4.69) is 4.52 Å². The van der Waals surface area contributed by atoms with E-state index >= 15 is 0 Å². The predicted molar refractivity (Wildman–Crippen MR) is 78.9 cm³/mol. The summed E-state index contributed by atoms with van der Waals surface area (Å²) < 4.78 is 9.30. The summed E-state index contributed by atoms with van der Waals surface area (Å²) in [5, 5.41) is 0. The first-order valence-corrected chi connectivity index (χ1v) is 8.71. The summed E-state index contributed by atoms with van der Waals surface area (Å²) in [7, 11) is -3.74. The Hall–Kier alpha value is -1.83. The van der Waals surface area contributed by atoms with Crippen LogP contribution >= 0.6 is 8.02 Å². The number of hydrogen-bond acceptors (Lipinski definition) is 8. The van der Waals surface area contributed by atoms with Gasteiger partial charge in [-0.1, -0.05) is 0 Å². The van der Waals surface area contributed by atoms with Gasteiger partial charge in [0.05, 0.1) is 0 Å². The number of unbranched alkanes of at least 4 members (excludes halogenated alkanes) is 2. The molecule has 0 aromatic heterocycles. The summed E-state index contributed by atoms with van der Waals surface area (Å²) in [6.07, 6.45) is 4.17. The Balaban J connectivity index is 2.16. The first kappa shape index (κ1) is 18.2. The fraction of sp³-hybridized carbons (Fsp3) is 0.500. The molecule has 2 amide bonds. The Labute approximate surface area is 128 Å².